The molecule has 0 fully saturated rings. The summed E-state index contributed by atoms with van der Waals surface area (Å²) in [7, 11) is 1.79. The van der Waals surface area contributed by atoms with Crippen LogP contribution in [0.1, 0.15) is 18.9 Å². The summed E-state index contributed by atoms with van der Waals surface area (Å²) in [6, 6.07) is 6.83. The molecule has 1 N–H and O–H groups in total. The van der Waals surface area contributed by atoms with E-state index in [2.05, 4.69) is 9.97 Å². The maximum absolute atomic E-state index is 14.2. The zero-order chi connectivity index (χ0) is 19.3. The van der Waals surface area contributed by atoms with Crippen LogP contribution in [0.4, 0.5) is 13.2 Å². The number of hydrogen-bond donors (Lipinski definition) is 1. The zero-order valence-electron chi connectivity index (χ0n) is 14.5. The second-order valence-electron chi connectivity index (χ2n) is 6.22. The highest BCUT2D eigenvalue weighted by molar-refractivity contribution is 5.79. The average molecular weight is 372 g/mol. The molecule has 0 spiro atoms. The van der Waals surface area contributed by atoms with Crippen LogP contribution in [0.25, 0.3) is 28.1 Å². The van der Waals surface area contributed by atoms with Crippen molar-refractivity contribution >= 4 is 11.0 Å². The maximum Gasteiger partial charge on any atom is 0.172 e. The molecule has 1 atom stereocenters. The van der Waals surface area contributed by atoms with Gasteiger partial charge in [-0.1, -0.05) is 0 Å². The Morgan fingerprint density at radius 1 is 1.07 bits per heavy atom. The van der Waals surface area contributed by atoms with Crippen molar-refractivity contribution < 1.29 is 18.3 Å². The van der Waals surface area contributed by atoms with Crippen molar-refractivity contribution in [2.75, 3.05) is 0 Å². The first-order valence-corrected chi connectivity index (χ1v) is 8.20. The molecule has 0 bridgehead atoms. The van der Waals surface area contributed by atoms with Gasteiger partial charge in [0.2, 0.25) is 0 Å². The molecule has 5 nitrogen and oxygen atoms in total. The Kier molecular flexibility index (Phi) is 4.00. The van der Waals surface area contributed by atoms with Crippen molar-refractivity contribution in [2.45, 2.75) is 13.0 Å². The third-order valence-electron chi connectivity index (χ3n) is 4.46. The zero-order valence-corrected chi connectivity index (χ0v) is 14.5. The highest BCUT2D eigenvalue weighted by Gasteiger charge is 2.21. The third-order valence-corrected chi connectivity index (χ3v) is 4.46. The number of nitrogens with zero attached hydrogens (tertiary/aromatic N) is 4. The van der Waals surface area contributed by atoms with Gasteiger partial charge >= 0.3 is 0 Å². The summed E-state index contributed by atoms with van der Waals surface area (Å²) in [5.74, 6) is -2.91. The molecule has 2 heterocycles. The average Bonchev–Trinajstić information content (AvgIpc) is 3.23. The Bertz CT molecular complexity index is 1160. The quantitative estimate of drug-likeness (QED) is 0.555. The minimum atomic E-state index is -1.29. The van der Waals surface area contributed by atoms with Gasteiger partial charge < -0.3 is 9.67 Å². The Labute approximate surface area is 152 Å². The van der Waals surface area contributed by atoms with Crippen LogP contribution in [-0.4, -0.2) is 24.2 Å². The molecule has 0 amide bonds. The van der Waals surface area contributed by atoms with Crippen LogP contribution in [0, 0.1) is 17.5 Å². The predicted molar refractivity (Wildman–Crippen MR) is 93.8 cm³/mol. The molecule has 0 aliphatic rings. The second-order valence-corrected chi connectivity index (χ2v) is 6.22. The van der Waals surface area contributed by atoms with Gasteiger partial charge in [0, 0.05) is 25.1 Å². The molecule has 27 heavy (non-hydrogen) atoms. The molecule has 138 valence electrons. The van der Waals surface area contributed by atoms with Gasteiger partial charge in [0.1, 0.15) is 17.7 Å². The number of rotatable bonds is 3. The van der Waals surface area contributed by atoms with Gasteiger partial charge in [-0.2, -0.15) is 0 Å². The van der Waals surface area contributed by atoms with Crippen LogP contribution >= 0.6 is 0 Å². The van der Waals surface area contributed by atoms with E-state index in [9.17, 15) is 18.3 Å². The van der Waals surface area contributed by atoms with Crippen molar-refractivity contribution in [3.05, 3.63) is 66.0 Å². The van der Waals surface area contributed by atoms with Crippen molar-refractivity contribution in [3.63, 3.8) is 0 Å². The Hall–Kier alpha value is -3.13. The van der Waals surface area contributed by atoms with Crippen molar-refractivity contribution in [1.29, 1.82) is 0 Å². The molecule has 2 aromatic heterocycles. The van der Waals surface area contributed by atoms with E-state index in [0.717, 1.165) is 17.6 Å². The second kappa shape index (κ2) is 6.24. The number of hydrogen-bond acceptors (Lipinski definition) is 3. The fraction of sp³-hybridized carbons (Fsp3) is 0.158. The van der Waals surface area contributed by atoms with Crippen LogP contribution in [0.15, 0.2) is 42.7 Å². The number of aliphatic hydroxyl groups excluding tert-OH is 1. The van der Waals surface area contributed by atoms with Gasteiger partial charge in [0.15, 0.2) is 17.5 Å². The number of halogens is 3. The van der Waals surface area contributed by atoms with Crippen LogP contribution in [0.2, 0.25) is 0 Å². The van der Waals surface area contributed by atoms with Gasteiger partial charge in [0.05, 0.1) is 16.6 Å². The molecule has 8 heteroatoms. The Balaban J connectivity index is 1.90. The smallest absolute Gasteiger partial charge is 0.172 e. The van der Waals surface area contributed by atoms with Crippen LogP contribution < -0.4 is 0 Å². The highest BCUT2D eigenvalue weighted by atomic mass is 19.2. The lowest BCUT2D eigenvalue weighted by Crippen LogP contribution is -2.02. The third kappa shape index (κ3) is 2.69. The SMILES string of the molecule is CC(O)c1nc2cc(-n3ccnc3-c3c(F)ccc(F)c3F)ccc2n1C. The molecule has 0 radical (unpaired) electrons. The minimum Gasteiger partial charge on any atom is -0.385 e. The monoisotopic (exact) mass is 372 g/mol. The predicted octanol–water partition coefficient (Wildman–Crippen LogP) is 3.90. The molecule has 4 rings (SSSR count). The first-order chi connectivity index (χ1) is 12.9. The van der Waals surface area contributed by atoms with Gasteiger partial charge in [-0.05, 0) is 37.3 Å². The van der Waals surface area contributed by atoms with E-state index < -0.39 is 29.1 Å². The summed E-state index contributed by atoms with van der Waals surface area (Å²) in [6.07, 6.45) is 2.16. The number of fused-ring (bicyclic) bond motifs is 1. The molecule has 1 unspecified atom stereocenters. The van der Waals surface area contributed by atoms with E-state index in [1.54, 1.807) is 36.7 Å². The number of aromatic nitrogens is 4. The van der Waals surface area contributed by atoms with E-state index in [1.807, 2.05) is 0 Å². The van der Waals surface area contributed by atoms with E-state index >= 15 is 0 Å². The van der Waals surface area contributed by atoms with Gasteiger partial charge in [0.25, 0.3) is 0 Å². The molecule has 0 saturated heterocycles. The van der Waals surface area contributed by atoms with Crippen LogP contribution in [-0.2, 0) is 7.05 Å². The van der Waals surface area contributed by atoms with Crippen LogP contribution in [0.5, 0.6) is 0 Å². The molecular weight excluding hydrogens is 357 g/mol. The molecule has 2 aromatic carbocycles. The maximum atomic E-state index is 14.2. The molecule has 0 saturated carbocycles. The fourth-order valence-corrected chi connectivity index (χ4v) is 3.16. The summed E-state index contributed by atoms with van der Waals surface area (Å²) >= 11 is 0. The van der Waals surface area contributed by atoms with Gasteiger partial charge in [-0.15, -0.1) is 0 Å². The summed E-state index contributed by atoms with van der Waals surface area (Å²) in [6.45, 7) is 1.62. The largest absolute Gasteiger partial charge is 0.385 e. The van der Waals surface area contributed by atoms with E-state index in [4.69, 9.17) is 0 Å². The van der Waals surface area contributed by atoms with E-state index in [0.29, 0.717) is 17.0 Å². The summed E-state index contributed by atoms with van der Waals surface area (Å²) in [5.41, 5.74) is 1.41. The highest BCUT2D eigenvalue weighted by Crippen LogP contribution is 2.29. The standard InChI is InChI=1S/C19H15F3N4O/c1-10(27)18-24-14-9-11(3-6-15(14)25(18)2)26-8-7-23-19(26)16-12(20)4-5-13(21)17(16)22/h3-10,27H,1-2H3. The molecule has 0 aliphatic carbocycles. The van der Waals surface area contributed by atoms with Crippen molar-refractivity contribution in [2.24, 2.45) is 7.05 Å². The lowest BCUT2D eigenvalue weighted by molar-refractivity contribution is 0.186. The van der Waals surface area contributed by atoms with Gasteiger partial charge in [-0.25, -0.2) is 23.1 Å². The minimum absolute atomic E-state index is 0.0597. The number of aryl methyl sites for hydroxylation is 1. The fourth-order valence-electron chi connectivity index (χ4n) is 3.16. The first-order valence-electron chi connectivity index (χ1n) is 8.20. The molecule has 4 aromatic rings. The van der Waals surface area contributed by atoms with Gasteiger partial charge in [-0.3, -0.25) is 4.57 Å². The van der Waals surface area contributed by atoms with E-state index in [1.165, 1.54) is 17.0 Å². The van der Waals surface area contributed by atoms with Crippen molar-refractivity contribution in [1.82, 2.24) is 19.1 Å². The summed E-state index contributed by atoms with van der Waals surface area (Å²) in [5, 5.41) is 9.82. The van der Waals surface area contributed by atoms with Crippen molar-refractivity contribution in [3.8, 4) is 17.1 Å². The molecular formula is C19H15F3N4O. The summed E-state index contributed by atoms with van der Waals surface area (Å²) < 4.78 is 45.2. The van der Waals surface area contributed by atoms with E-state index in [-0.39, 0.29) is 5.82 Å². The topological polar surface area (TPSA) is 55.9 Å². The Morgan fingerprint density at radius 3 is 2.56 bits per heavy atom. The normalized spacial score (nSPS) is 12.7. The first kappa shape index (κ1) is 17.3. The summed E-state index contributed by atoms with van der Waals surface area (Å²) in [4.78, 5) is 8.41. The van der Waals surface area contributed by atoms with Crippen LogP contribution in [0.3, 0.4) is 0 Å². The molecule has 0 aliphatic heterocycles. The Morgan fingerprint density at radius 2 is 1.81 bits per heavy atom. The number of aliphatic hydroxyl groups is 1. The number of imidazole rings is 2. The lowest BCUT2D eigenvalue weighted by atomic mass is 10.1. The lowest BCUT2D eigenvalue weighted by Gasteiger charge is -2.10. The number of benzene rings is 2.